The quantitative estimate of drug-likeness (QED) is 0.588. The molecule has 0 amide bonds. The SMILES string of the molecule is Bc1ccc(N(Cc2ccc(-c3nnc(C(F)F)o3)cc2)S(C)(=O)=O)nc1. The molecule has 3 aromatic rings. The van der Waals surface area contributed by atoms with E-state index < -0.39 is 22.3 Å². The van der Waals surface area contributed by atoms with Gasteiger partial charge in [0.2, 0.25) is 15.9 Å². The molecule has 0 spiro atoms. The number of hydrogen-bond donors (Lipinski definition) is 0. The summed E-state index contributed by atoms with van der Waals surface area (Å²) in [5.41, 5.74) is 2.05. The van der Waals surface area contributed by atoms with E-state index in [2.05, 4.69) is 15.2 Å². The van der Waals surface area contributed by atoms with Crippen LogP contribution in [0, 0.1) is 0 Å². The molecule has 0 radical (unpaired) electrons. The molecule has 0 N–H and O–H groups in total. The second-order valence-corrected chi connectivity index (χ2v) is 7.81. The fourth-order valence-electron chi connectivity index (χ4n) is 2.33. The Balaban J connectivity index is 1.83. The van der Waals surface area contributed by atoms with Gasteiger partial charge < -0.3 is 4.42 Å². The smallest absolute Gasteiger partial charge is 0.314 e. The first-order chi connectivity index (χ1) is 12.7. The van der Waals surface area contributed by atoms with E-state index in [1.165, 1.54) is 4.31 Å². The highest BCUT2D eigenvalue weighted by molar-refractivity contribution is 7.92. The Labute approximate surface area is 155 Å². The van der Waals surface area contributed by atoms with Gasteiger partial charge in [0, 0.05) is 11.8 Å². The fraction of sp³-hybridized carbons (Fsp3) is 0.188. The van der Waals surface area contributed by atoms with E-state index in [-0.39, 0.29) is 12.4 Å². The summed E-state index contributed by atoms with van der Waals surface area (Å²) >= 11 is 0. The number of benzene rings is 1. The molecular formula is C16H15BF2N4O3S. The van der Waals surface area contributed by atoms with E-state index in [9.17, 15) is 17.2 Å². The normalized spacial score (nSPS) is 11.7. The summed E-state index contributed by atoms with van der Waals surface area (Å²) in [6.45, 7) is 0.0707. The van der Waals surface area contributed by atoms with E-state index in [0.29, 0.717) is 16.9 Å². The second-order valence-electron chi connectivity index (χ2n) is 5.91. The van der Waals surface area contributed by atoms with Crippen LogP contribution in [-0.2, 0) is 16.6 Å². The molecule has 0 saturated carbocycles. The number of pyridine rings is 1. The molecule has 2 heterocycles. The van der Waals surface area contributed by atoms with Gasteiger partial charge in [0.25, 0.3) is 5.89 Å². The molecule has 0 aliphatic rings. The number of nitrogens with zero attached hydrogens (tertiary/aromatic N) is 4. The lowest BCUT2D eigenvalue weighted by Crippen LogP contribution is -2.30. The summed E-state index contributed by atoms with van der Waals surface area (Å²) in [7, 11) is -1.69. The van der Waals surface area contributed by atoms with Crippen LogP contribution < -0.4 is 9.77 Å². The van der Waals surface area contributed by atoms with Crippen molar-refractivity contribution in [3.8, 4) is 11.5 Å². The van der Waals surface area contributed by atoms with E-state index in [0.717, 1.165) is 11.7 Å². The molecule has 1 aromatic carbocycles. The van der Waals surface area contributed by atoms with Crippen molar-refractivity contribution in [1.82, 2.24) is 15.2 Å². The van der Waals surface area contributed by atoms with Gasteiger partial charge in [0.05, 0.1) is 12.8 Å². The van der Waals surface area contributed by atoms with Gasteiger partial charge in [-0.1, -0.05) is 23.7 Å². The van der Waals surface area contributed by atoms with E-state index in [1.807, 2.05) is 7.85 Å². The molecule has 0 bridgehead atoms. The van der Waals surface area contributed by atoms with Crippen LogP contribution in [0.4, 0.5) is 14.6 Å². The van der Waals surface area contributed by atoms with Crippen molar-refractivity contribution in [3.05, 3.63) is 54.0 Å². The van der Waals surface area contributed by atoms with Crippen LogP contribution in [-0.4, -0.2) is 37.7 Å². The molecular weight excluding hydrogens is 377 g/mol. The van der Waals surface area contributed by atoms with Crippen LogP contribution in [0.25, 0.3) is 11.5 Å². The molecule has 0 atom stereocenters. The number of alkyl halides is 2. The average molecular weight is 392 g/mol. The van der Waals surface area contributed by atoms with Gasteiger partial charge >= 0.3 is 6.43 Å². The number of aromatic nitrogens is 3. The van der Waals surface area contributed by atoms with Gasteiger partial charge in [-0.25, -0.2) is 17.7 Å². The minimum atomic E-state index is -3.55. The molecule has 0 unspecified atom stereocenters. The summed E-state index contributed by atoms with van der Waals surface area (Å²) < 4.78 is 55.5. The third kappa shape index (κ3) is 4.48. The lowest BCUT2D eigenvalue weighted by atomic mass is 9.99. The molecule has 0 saturated heterocycles. The van der Waals surface area contributed by atoms with Crippen LogP contribution in [0.15, 0.2) is 47.0 Å². The van der Waals surface area contributed by atoms with E-state index in [4.69, 9.17) is 4.42 Å². The Bertz CT molecular complexity index is 1020. The Hall–Kier alpha value is -2.82. The van der Waals surface area contributed by atoms with E-state index >= 15 is 0 Å². The Kier molecular flexibility index (Phi) is 5.22. The summed E-state index contributed by atoms with van der Waals surface area (Å²) in [6, 6.07) is 9.93. The van der Waals surface area contributed by atoms with Gasteiger partial charge in [0.1, 0.15) is 13.7 Å². The van der Waals surface area contributed by atoms with Crippen LogP contribution in [0.3, 0.4) is 0 Å². The highest BCUT2D eigenvalue weighted by atomic mass is 32.2. The van der Waals surface area contributed by atoms with Crippen LogP contribution in [0.5, 0.6) is 0 Å². The predicted octanol–water partition coefficient (Wildman–Crippen LogP) is 1.29. The van der Waals surface area contributed by atoms with Gasteiger partial charge in [-0.3, -0.25) is 0 Å². The first-order valence-corrected chi connectivity index (χ1v) is 9.70. The van der Waals surface area contributed by atoms with Gasteiger partial charge in [-0.05, 0) is 23.8 Å². The number of sulfonamides is 1. The third-order valence-electron chi connectivity index (χ3n) is 3.71. The van der Waals surface area contributed by atoms with Crippen LogP contribution >= 0.6 is 0 Å². The zero-order valence-corrected chi connectivity index (χ0v) is 15.3. The average Bonchev–Trinajstić information content (AvgIpc) is 3.11. The maximum atomic E-state index is 12.5. The van der Waals surface area contributed by atoms with Crippen molar-refractivity contribution in [2.45, 2.75) is 13.0 Å². The number of hydrogen-bond acceptors (Lipinski definition) is 6. The zero-order chi connectivity index (χ0) is 19.6. The van der Waals surface area contributed by atoms with Crippen molar-refractivity contribution >= 4 is 29.2 Å². The fourth-order valence-corrected chi connectivity index (χ4v) is 3.17. The van der Waals surface area contributed by atoms with Crippen molar-refractivity contribution < 1.29 is 21.6 Å². The van der Waals surface area contributed by atoms with Gasteiger partial charge in [-0.15, -0.1) is 10.2 Å². The Morgan fingerprint density at radius 2 is 1.85 bits per heavy atom. The van der Waals surface area contributed by atoms with Crippen molar-refractivity contribution in [1.29, 1.82) is 0 Å². The first-order valence-electron chi connectivity index (χ1n) is 7.85. The Morgan fingerprint density at radius 1 is 1.15 bits per heavy atom. The standard InChI is InChI=1S/C16H15BF2N4O3S/c1-27(24,25)23(13-7-6-12(17)8-20-13)9-10-2-4-11(5-3-10)15-21-22-16(26-15)14(18)19/h2-8,14H,9,17H2,1H3. The summed E-state index contributed by atoms with van der Waals surface area (Å²) in [5, 5.41) is 6.86. The zero-order valence-electron chi connectivity index (χ0n) is 14.5. The highest BCUT2D eigenvalue weighted by Crippen LogP contribution is 2.24. The summed E-state index contributed by atoms with van der Waals surface area (Å²) in [5.74, 6) is -0.467. The summed E-state index contributed by atoms with van der Waals surface area (Å²) in [6.07, 6.45) is -0.143. The lowest BCUT2D eigenvalue weighted by molar-refractivity contribution is 0.116. The van der Waals surface area contributed by atoms with Crippen molar-refractivity contribution in [3.63, 3.8) is 0 Å². The highest BCUT2D eigenvalue weighted by Gasteiger charge is 2.20. The minimum absolute atomic E-state index is 0.0305. The largest absolute Gasteiger partial charge is 0.415 e. The first kappa shape index (κ1) is 19.0. The molecule has 2 aromatic heterocycles. The number of halogens is 2. The Morgan fingerprint density at radius 3 is 2.37 bits per heavy atom. The van der Waals surface area contributed by atoms with Crippen molar-refractivity contribution in [2.75, 3.05) is 10.6 Å². The predicted molar refractivity (Wildman–Crippen MR) is 98.1 cm³/mol. The maximum Gasteiger partial charge on any atom is 0.314 e. The molecule has 27 heavy (non-hydrogen) atoms. The van der Waals surface area contributed by atoms with Crippen LogP contribution in [0.2, 0.25) is 0 Å². The second kappa shape index (κ2) is 7.43. The number of anilines is 1. The van der Waals surface area contributed by atoms with Crippen LogP contribution in [0.1, 0.15) is 17.9 Å². The van der Waals surface area contributed by atoms with Crippen molar-refractivity contribution in [2.24, 2.45) is 0 Å². The summed E-state index contributed by atoms with van der Waals surface area (Å²) in [4.78, 5) is 4.17. The molecule has 0 aliphatic heterocycles. The maximum absolute atomic E-state index is 12.5. The number of rotatable bonds is 6. The van der Waals surface area contributed by atoms with E-state index in [1.54, 1.807) is 42.6 Å². The lowest BCUT2D eigenvalue weighted by Gasteiger charge is -2.21. The van der Waals surface area contributed by atoms with Gasteiger partial charge in [0.15, 0.2) is 0 Å². The minimum Gasteiger partial charge on any atom is -0.415 e. The molecule has 0 fully saturated rings. The molecule has 0 aliphatic carbocycles. The molecule has 11 heteroatoms. The molecule has 140 valence electrons. The molecule has 7 nitrogen and oxygen atoms in total. The third-order valence-corrected chi connectivity index (χ3v) is 4.82. The van der Waals surface area contributed by atoms with Gasteiger partial charge in [-0.2, -0.15) is 8.78 Å². The molecule has 3 rings (SSSR count). The topological polar surface area (TPSA) is 89.2 Å². The monoisotopic (exact) mass is 392 g/mol.